The van der Waals surface area contributed by atoms with E-state index >= 15 is 0 Å². The van der Waals surface area contributed by atoms with E-state index in [1.54, 1.807) is 6.08 Å². The van der Waals surface area contributed by atoms with Crippen LogP contribution in [-0.2, 0) is 4.74 Å². The highest BCUT2D eigenvalue weighted by molar-refractivity contribution is 5.88. The average molecular weight is 326 g/mol. The molecule has 0 aliphatic heterocycles. The number of hydrogen-bond donors (Lipinski definition) is 0. The Hall–Kier alpha value is -2.65. The van der Waals surface area contributed by atoms with Crippen LogP contribution >= 0.6 is 0 Å². The van der Waals surface area contributed by atoms with Crippen molar-refractivity contribution in [2.45, 2.75) is 37.8 Å². The van der Waals surface area contributed by atoms with E-state index in [0.717, 1.165) is 12.0 Å². The van der Waals surface area contributed by atoms with E-state index in [2.05, 4.69) is 17.3 Å². The van der Waals surface area contributed by atoms with Crippen LogP contribution in [-0.4, -0.2) is 21.1 Å². The number of carbonyl (C=O) groups is 1. The highest BCUT2D eigenvalue weighted by Gasteiger charge is 2.40. The number of rotatable bonds is 5. The van der Waals surface area contributed by atoms with Gasteiger partial charge in [0.1, 0.15) is 5.60 Å². The molecule has 24 heavy (non-hydrogen) atoms. The molecule has 124 valence electrons. The number of esters is 1. The number of aromatic nitrogens is 2. The van der Waals surface area contributed by atoms with Crippen LogP contribution in [0.2, 0.25) is 0 Å². The molecular weight excluding hydrogens is 307 g/mol. The zero-order chi connectivity index (χ0) is 17.2. The Morgan fingerprint density at radius 2 is 2.17 bits per heavy atom. The van der Waals surface area contributed by atoms with Gasteiger partial charge in [-0.25, -0.2) is 9.78 Å². The molecule has 1 aliphatic carbocycles. The molecule has 3 rings (SSSR count). The molecule has 0 unspecified atom stereocenters. The molecule has 0 saturated heterocycles. The maximum atomic E-state index is 14.1. The third-order valence-corrected chi connectivity index (χ3v) is 4.50. The van der Waals surface area contributed by atoms with Crippen LogP contribution in [0.3, 0.4) is 0 Å². The van der Waals surface area contributed by atoms with Gasteiger partial charge in [-0.1, -0.05) is 36.9 Å². The lowest BCUT2D eigenvalue weighted by atomic mass is 9.80. The Labute approximate surface area is 140 Å². The Bertz CT molecular complexity index is 787. The molecule has 0 spiro atoms. The fourth-order valence-corrected chi connectivity index (χ4v) is 2.93. The molecule has 2 aromatic rings. The standard InChI is InChI=1S/C19H19FN2O2/c1-3-10-19(11-7-12-19)24-18(23)16-17(20)21-13-22(16)14(2)15-8-5-4-6-9-15/h4-6,8-10,13-14H,1,7,11-12H2,2H3/t14-/m1/s1. The normalized spacial score (nSPS) is 16.6. The van der Waals surface area contributed by atoms with Crippen LogP contribution in [0, 0.1) is 5.95 Å². The van der Waals surface area contributed by atoms with Gasteiger partial charge in [-0.2, -0.15) is 4.39 Å². The molecule has 1 aliphatic rings. The van der Waals surface area contributed by atoms with E-state index in [1.165, 1.54) is 10.9 Å². The summed E-state index contributed by atoms with van der Waals surface area (Å²) in [4.78, 5) is 16.2. The van der Waals surface area contributed by atoms with E-state index in [0.29, 0.717) is 12.8 Å². The van der Waals surface area contributed by atoms with Gasteiger partial charge in [0.25, 0.3) is 0 Å². The fraction of sp³-hybridized carbons (Fsp3) is 0.316. The van der Waals surface area contributed by atoms with Crippen LogP contribution < -0.4 is 0 Å². The van der Waals surface area contributed by atoms with E-state index in [1.807, 2.05) is 37.3 Å². The van der Waals surface area contributed by atoms with Gasteiger partial charge in [0, 0.05) is 6.08 Å². The number of ether oxygens (including phenoxy) is 1. The summed E-state index contributed by atoms with van der Waals surface area (Å²) in [7, 11) is 0. The molecule has 0 bridgehead atoms. The molecule has 5 heteroatoms. The highest BCUT2D eigenvalue weighted by atomic mass is 19.1. The van der Waals surface area contributed by atoms with E-state index < -0.39 is 17.5 Å². The van der Waals surface area contributed by atoms with Crippen molar-refractivity contribution in [2.75, 3.05) is 0 Å². The first-order valence-electron chi connectivity index (χ1n) is 7.94. The monoisotopic (exact) mass is 326 g/mol. The number of carbonyl (C=O) groups excluding carboxylic acids is 1. The van der Waals surface area contributed by atoms with Gasteiger partial charge >= 0.3 is 5.97 Å². The van der Waals surface area contributed by atoms with Crippen LogP contribution in [0.5, 0.6) is 0 Å². The molecular formula is C19H19FN2O2. The molecule has 0 radical (unpaired) electrons. The van der Waals surface area contributed by atoms with Gasteiger partial charge < -0.3 is 9.30 Å². The van der Waals surface area contributed by atoms with E-state index in [9.17, 15) is 9.18 Å². The van der Waals surface area contributed by atoms with Crippen molar-refractivity contribution < 1.29 is 13.9 Å². The second kappa shape index (κ2) is 6.46. The van der Waals surface area contributed by atoms with Crippen molar-refractivity contribution in [1.82, 2.24) is 9.55 Å². The number of hydrogen-bond acceptors (Lipinski definition) is 3. The maximum Gasteiger partial charge on any atom is 0.360 e. The summed E-state index contributed by atoms with van der Waals surface area (Å²) in [6.07, 6.45) is 5.33. The molecule has 1 atom stereocenters. The van der Waals surface area contributed by atoms with Crippen molar-refractivity contribution in [3.8, 4) is 0 Å². The summed E-state index contributed by atoms with van der Waals surface area (Å²) >= 11 is 0. The van der Waals surface area contributed by atoms with Crippen LogP contribution in [0.25, 0.3) is 0 Å². The molecule has 1 fully saturated rings. The lowest BCUT2D eigenvalue weighted by Gasteiger charge is -2.37. The number of halogens is 1. The third kappa shape index (κ3) is 2.91. The SMILES string of the molecule is C=C=CC1(OC(=O)c2c(F)ncn2[C@H](C)c2ccccc2)CCC1. The van der Waals surface area contributed by atoms with Crippen molar-refractivity contribution in [3.63, 3.8) is 0 Å². The summed E-state index contributed by atoms with van der Waals surface area (Å²) in [5, 5.41) is 0. The predicted molar refractivity (Wildman–Crippen MR) is 88.1 cm³/mol. The topological polar surface area (TPSA) is 44.1 Å². The summed E-state index contributed by atoms with van der Waals surface area (Å²) in [5.74, 6) is -1.53. The first-order chi connectivity index (χ1) is 11.6. The average Bonchev–Trinajstić information content (AvgIpc) is 2.94. The van der Waals surface area contributed by atoms with Gasteiger partial charge in [-0.05, 0) is 31.7 Å². The minimum Gasteiger partial charge on any atom is -0.449 e. The van der Waals surface area contributed by atoms with Crippen molar-refractivity contribution in [1.29, 1.82) is 0 Å². The molecule has 1 saturated carbocycles. The quantitative estimate of drug-likeness (QED) is 0.615. The van der Waals surface area contributed by atoms with E-state index in [-0.39, 0.29) is 11.7 Å². The van der Waals surface area contributed by atoms with Crippen molar-refractivity contribution >= 4 is 5.97 Å². The second-order valence-electron chi connectivity index (χ2n) is 6.03. The number of nitrogens with zero attached hydrogens (tertiary/aromatic N) is 2. The predicted octanol–water partition coefficient (Wildman–Crippen LogP) is 4.05. The summed E-state index contributed by atoms with van der Waals surface area (Å²) < 4.78 is 21.2. The molecule has 1 heterocycles. The molecule has 4 nitrogen and oxygen atoms in total. The van der Waals surface area contributed by atoms with Gasteiger partial charge in [0.15, 0.2) is 5.69 Å². The van der Waals surface area contributed by atoms with Crippen LogP contribution in [0.4, 0.5) is 4.39 Å². The molecule has 0 N–H and O–H groups in total. The molecule has 1 aromatic heterocycles. The number of benzene rings is 1. The smallest absolute Gasteiger partial charge is 0.360 e. The largest absolute Gasteiger partial charge is 0.449 e. The fourth-order valence-electron chi connectivity index (χ4n) is 2.93. The first kappa shape index (κ1) is 16.2. The summed E-state index contributed by atoms with van der Waals surface area (Å²) in [5.41, 5.74) is 2.75. The molecule has 0 amide bonds. The Morgan fingerprint density at radius 1 is 1.46 bits per heavy atom. The van der Waals surface area contributed by atoms with Gasteiger partial charge in [-0.15, -0.1) is 5.73 Å². The van der Waals surface area contributed by atoms with Crippen LogP contribution in [0.15, 0.2) is 55.0 Å². The zero-order valence-electron chi connectivity index (χ0n) is 13.5. The first-order valence-corrected chi connectivity index (χ1v) is 7.94. The lowest BCUT2D eigenvalue weighted by molar-refractivity contribution is -0.0328. The second-order valence-corrected chi connectivity index (χ2v) is 6.03. The Balaban J connectivity index is 1.90. The van der Waals surface area contributed by atoms with Crippen molar-refractivity contribution in [2.24, 2.45) is 0 Å². The minimum absolute atomic E-state index is 0.157. The Kier molecular flexibility index (Phi) is 4.36. The highest BCUT2D eigenvalue weighted by Crippen LogP contribution is 2.37. The summed E-state index contributed by atoms with van der Waals surface area (Å²) in [6, 6.07) is 9.31. The maximum absolute atomic E-state index is 14.1. The minimum atomic E-state index is -0.820. The van der Waals surface area contributed by atoms with E-state index in [4.69, 9.17) is 4.74 Å². The number of imidazole rings is 1. The molecule has 1 aromatic carbocycles. The lowest BCUT2D eigenvalue weighted by Crippen LogP contribution is -2.40. The van der Waals surface area contributed by atoms with Gasteiger partial charge in [-0.3, -0.25) is 0 Å². The van der Waals surface area contributed by atoms with Crippen LogP contribution in [0.1, 0.15) is 48.3 Å². The van der Waals surface area contributed by atoms with Crippen molar-refractivity contribution in [3.05, 3.63) is 72.3 Å². The van der Waals surface area contributed by atoms with Gasteiger partial charge in [0.2, 0.25) is 5.95 Å². The van der Waals surface area contributed by atoms with Gasteiger partial charge in [0.05, 0.1) is 12.4 Å². The third-order valence-electron chi connectivity index (χ3n) is 4.50. The zero-order valence-corrected chi connectivity index (χ0v) is 13.5. The summed E-state index contributed by atoms with van der Waals surface area (Å²) in [6.45, 7) is 5.42. The Morgan fingerprint density at radius 3 is 2.75 bits per heavy atom.